The quantitative estimate of drug-likeness (QED) is 0.381. The first kappa shape index (κ1) is 29.7. The molecule has 214 valence electrons. The van der Waals surface area contributed by atoms with Crippen molar-refractivity contribution in [2.24, 2.45) is 0 Å². The van der Waals surface area contributed by atoms with Gasteiger partial charge in [0, 0.05) is 48.6 Å². The second-order valence-electron chi connectivity index (χ2n) is 10.1. The fraction of sp³-hybridized carbons (Fsp3) is 0.433. The second-order valence-corrected chi connectivity index (χ2v) is 10.9. The number of amides is 3. The van der Waals surface area contributed by atoms with Gasteiger partial charge in [0.15, 0.2) is 0 Å². The summed E-state index contributed by atoms with van der Waals surface area (Å²) in [5, 5.41) is 4.19. The van der Waals surface area contributed by atoms with Crippen LogP contribution >= 0.6 is 23.2 Å². The first-order chi connectivity index (χ1) is 19.4. The average Bonchev–Trinajstić information content (AvgIpc) is 3.70. The minimum atomic E-state index is -0.123. The predicted molar refractivity (Wildman–Crippen MR) is 158 cm³/mol. The maximum Gasteiger partial charge on any atom is 0.317 e. The molecule has 10 heteroatoms. The van der Waals surface area contributed by atoms with Gasteiger partial charge in [0.05, 0.1) is 19.4 Å². The molecule has 2 aliphatic heterocycles. The van der Waals surface area contributed by atoms with Gasteiger partial charge in [-0.25, -0.2) is 9.78 Å². The zero-order valence-corrected chi connectivity index (χ0v) is 24.4. The van der Waals surface area contributed by atoms with Crippen molar-refractivity contribution in [1.82, 2.24) is 24.7 Å². The maximum atomic E-state index is 12.5. The number of urea groups is 1. The van der Waals surface area contributed by atoms with Crippen LogP contribution in [0.15, 0.2) is 61.2 Å². The molecule has 1 aromatic heterocycles. The number of imidazole rings is 1. The largest absolute Gasteiger partial charge is 0.491 e. The third-order valence-electron chi connectivity index (χ3n) is 7.29. The van der Waals surface area contributed by atoms with Crippen molar-refractivity contribution in [3.8, 4) is 5.75 Å². The highest BCUT2D eigenvalue weighted by molar-refractivity contribution is 6.35. The number of aromatic nitrogens is 2. The normalized spacial score (nSPS) is 15.4. The summed E-state index contributed by atoms with van der Waals surface area (Å²) in [5.74, 6) is 1.29. The molecule has 0 unspecified atom stereocenters. The number of ether oxygens (including phenoxy) is 1. The highest BCUT2D eigenvalue weighted by Crippen LogP contribution is 2.34. The van der Waals surface area contributed by atoms with Gasteiger partial charge in [0.25, 0.3) is 0 Å². The molecule has 3 amide bonds. The van der Waals surface area contributed by atoms with E-state index in [2.05, 4.69) is 16.4 Å². The number of hydrogen-bond acceptors (Lipinski definition) is 4. The summed E-state index contributed by atoms with van der Waals surface area (Å²) in [6, 6.07) is 13.5. The van der Waals surface area contributed by atoms with Crippen molar-refractivity contribution in [2.75, 3.05) is 39.3 Å². The van der Waals surface area contributed by atoms with Gasteiger partial charge in [-0.1, -0.05) is 47.5 Å². The average molecular weight is 587 g/mol. The van der Waals surface area contributed by atoms with Gasteiger partial charge in [0.1, 0.15) is 12.4 Å². The Balaban J connectivity index is 0.000000350. The molecule has 0 bridgehead atoms. The number of nitrogens with one attached hydrogen (secondary N) is 1. The summed E-state index contributed by atoms with van der Waals surface area (Å²) in [6.07, 6.45) is 9.36. The standard InChI is InChI=1S/C23H31N5O3.C7H6Cl2/c29-22(17-25-23(30)28-10-3-4-11-28)27-12-7-19(8-13-27)20-5-1-2-6-21(20)31-16-15-26-14-9-24-18-26;1-5-2-3-6(8)4-7(5)9/h1-2,5-6,9,14,18-19H,3-4,7-8,10-13,15-17H2,(H,25,30);2-4H,1H3. The lowest BCUT2D eigenvalue weighted by Crippen LogP contribution is -2.46. The van der Waals surface area contributed by atoms with Crippen molar-refractivity contribution >= 4 is 35.1 Å². The molecule has 2 aromatic carbocycles. The maximum absolute atomic E-state index is 12.5. The number of piperidine rings is 1. The van der Waals surface area contributed by atoms with Crippen molar-refractivity contribution < 1.29 is 14.3 Å². The number of likely N-dealkylation sites (tertiary alicyclic amines) is 2. The number of halogens is 2. The molecule has 0 radical (unpaired) electrons. The first-order valence-electron chi connectivity index (χ1n) is 13.8. The molecule has 8 nitrogen and oxygen atoms in total. The van der Waals surface area contributed by atoms with Crippen LogP contribution in [0.2, 0.25) is 10.0 Å². The molecule has 3 heterocycles. The van der Waals surface area contributed by atoms with Crippen LogP contribution in [0, 0.1) is 6.92 Å². The number of hydrogen-bond donors (Lipinski definition) is 1. The summed E-state index contributed by atoms with van der Waals surface area (Å²) in [6.45, 7) is 6.34. The Hall–Kier alpha value is -3.23. The molecule has 3 aromatic rings. The second kappa shape index (κ2) is 15.0. The fourth-order valence-electron chi connectivity index (χ4n) is 4.93. The van der Waals surface area contributed by atoms with Crippen LogP contribution in [-0.4, -0.2) is 70.6 Å². The minimum absolute atomic E-state index is 0.00383. The summed E-state index contributed by atoms with van der Waals surface area (Å²) < 4.78 is 8.07. The van der Waals surface area contributed by atoms with Crippen molar-refractivity contribution in [3.63, 3.8) is 0 Å². The number of benzene rings is 2. The van der Waals surface area contributed by atoms with Gasteiger partial charge in [0.2, 0.25) is 5.91 Å². The highest BCUT2D eigenvalue weighted by Gasteiger charge is 2.26. The first-order valence-corrected chi connectivity index (χ1v) is 14.6. The highest BCUT2D eigenvalue weighted by atomic mass is 35.5. The van der Waals surface area contributed by atoms with Crippen molar-refractivity contribution in [2.45, 2.75) is 45.1 Å². The fourth-order valence-corrected chi connectivity index (χ4v) is 5.34. The van der Waals surface area contributed by atoms with Gasteiger partial charge in [-0.2, -0.15) is 0 Å². The Bertz CT molecular complexity index is 1240. The number of aryl methyl sites for hydroxylation is 1. The zero-order valence-electron chi connectivity index (χ0n) is 22.9. The van der Waals surface area contributed by atoms with Gasteiger partial charge in [-0.3, -0.25) is 4.79 Å². The van der Waals surface area contributed by atoms with Gasteiger partial charge >= 0.3 is 6.03 Å². The van der Waals surface area contributed by atoms with Crippen LogP contribution in [0.25, 0.3) is 0 Å². The lowest BCUT2D eigenvalue weighted by atomic mass is 9.89. The molecule has 0 atom stereocenters. The van der Waals surface area contributed by atoms with Crippen LogP contribution < -0.4 is 10.1 Å². The van der Waals surface area contributed by atoms with Gasteiger partial charge in [-0.05, 0) is 67.9 Å². The number of carbonyl (C=O) groups excluding carboxylic acids is 2. The van der Waals surface area contributed by atoms with Gasteiger partial charge < -0.3 is 24.4 Å². The Kier molecular flexibility index (Phi) is 11.1. The van der Waals surface area contributed by atoms with E-state index in [1.165, 1.54) is 5.56 Å². The summed E-state index contributed by atoms with van der Waals surface area (Å²) in [4.78, 5) is 32.3. The molecule has 0 saturated carbocycles. The van der Waals surface area contributed by atoms with E-state index in [0.717, 1.165) is 61.7 Å². The van der Waals surface area contributed by atoms with Crippen LogP contribution in [0.5, 0.6) is 5.75 Å². The smallest absolute Gasteiger partial charge is 0.317 e. The van der Waals surface area contributed by atoms with E-state index < -0.39 is 0 Å². The Labute approximate surface area is 246 Å². The van der Waals surface area contributed by atoms with Crippen LogP contribution in [0.4, 0.5) is 4.79 Å². The molecule has 5 rings (SSSR count). The molecule has 0 aliphatic carbocycles. The van der Waals surface area contributed by atoms with Crippen molar-refractivity contribution in [1.29, 1.82) is 0 Å². The molecular formula is C30H37Cl2N5O3. The molecular weight excluding hydrogens is 549 g/mol. The zero-order chi connectivity index (χ0) is 28.3. The Morgan fingerprint density at radius 3 is 2.45 bits per heavy atom. The van der Waals surface area contributed by atoms with E-state index in [0.29, 0.717) is 30.6 Å². The lowest BCUT2D eigenvalue weighted by Gasteiger charge is -2.33. The van der Waals surface area contributed by atoms with E-state index in [4.69, 9.17) is 27.9 Å². The lowest BCUT2D eigenvalue weighted by molar-refractivity contribution is -0.131. The number of carbonyl (C=O) groups is 2. The molecule has 2 aliphatic rings. The van der Waals surface area contributed by atoms with E-state index in [1.807, 2.05) is 52.9 Å². The van der Waals surface area contributed by atoms with E-state index in [-0.39, 0.29) is 18.5 Å². The van der Waals surface area contributed by atoms with Crippen molar-refractivity contribution in [3.05, 3.63) is 82.4 Å². The van der Waals surface area contributed by atoms with Gasteiger partial charge in [-0.15, -0.1) is 0 Å². The monoisotopic (exact) mass is 585 g/mol. The van der Waals surface area contributed by atoms with E-state index in [9.17, 15) is 9.59 Å². The molecule has 40 heavy (non-hydrogen) atoms. The molecule has 1 N–H and O–H groups in total. The SMILES string of the molecule is Cc1ccc(Cl)cc1Cl.O=C(CNC(=O)N1CCCC1)N1CCC(c2ccccc2OCCn2ccnc2)CC1. The Morgan fingerprint density at radius 2 is 1.77 bits per heavy atom. The topological polar surface area (TPSA) is 79.7 Å². The molecule has 2 saturated heterocycles. The van der Waals surface area contributed by atoms with Crippen LogP contribution in [0.3, 0.4) is 0 Å². The number of rotatable bonds is 7. The van der Waals surface area contributed by atoms with Crippen LogP contribution in [-0.2, 0) is 11.3 Å². The predicted octanol–water partition coefficient (Wildman–Crippen LogP) is 5.78. The summed E-state index contributed by atoms with van der Waals surface area (Å²) in [5.41, 5.74) is 2.27. The molecule has 2 fully saturated rings. The summed E-state index contributed by atoms with van der Waals surface area (Å²) >= 11 is 11.4. The third kappa shape index (κ3) is 8.63. The number of para-hydroxylation sites is 1. The van der Waals surface area contributed by atoms with E-state index >= 15 is 0 Å². The summed E-state index contributed by atoms with van der Waals surface area (Å²) in [7, 11) is 0. The Morgan fingerprint density at radius 1 is 1.02 bits per heavy atom. The van der Waals surface area contributed by atoms with Crippen LogP contribution in [0.1, 0.15) is 42.7 Å². The van der Waals surface area contributed by atoms with E-state index in [1.54, 1.807) is 23.5 Å². The minimum Gasteiger partial charge on any atom is -0.491 e. The number of nitrogens with zero attached hydrogens (tertiary/aromatic N) is 4. The third-order valence-corrected chi connectivity index (χ3v) is 7.93. The molecule has 0 spiro atoms.